The number of anilines is 1. The van der Waals surface area contributed by atoms with E-state index in [4.69, 9.17) is 0 Å². The predicted molar refractivity (Wildman–Crippen MR) is 103 cm³/mol. The van der Waals surface area contributed by atoms with Gasteiger partial charge in [-0.15, -0.1) is 0 Å². The molecule has 7 heteroatoms. The lowest BCUT2D eigenvalue weighted by atomic mass is 10.2. The number of rotatable bonds is 7. The summed E-state index contributed by atoms with van der Waals surface area (Å²) < 4.78 is 24.6. The molecule has 1 aliphatic carbocycles. The van der Waals surface area contributed by atoms with Crippen LogP contribution in [0.1, 0.15) is 35.2 Å². The predicted octanol–water partition coefficient (Wildman–Crippen LogP) is 2.69. The van der Waals surface area contributed by atoms with Crippen molar-refractivity contribution in [3.63, 3.8) is 0 Å². The van der Waals surface area contributed by atoms with Gasteiger partial charge in [0, 0.05) is 23.7 Å². The quantitative estimate of drug-likeness (QED) is 0.765. The molecule has 2 aromatic rings. The van der Waals surface area contributed by atoms with Crippen molar-refractivity contribution in [2.75, 3.05) is 11.1 Å². The van der Waals surface area contributed by atoms with Gasteiger partial charge in [-0.3, -0.25) is 9.59 Å². The van der Waals surface area contributed by atoms with Crippen LogP contribution in [0.5, 0.6) is 0 Å². The molecule has 0 unspecified atom stereocenters. The Morgan fingerprint density at radius 2 is 1.78 bits per heavy atom. The van der Waals surface area contributed by atoms with Crippen molar-refractivity contribution < 1.29 is 18.0 Å². The molecule has 0 radical (unpaired) electrons. The molecule has 3 rings (SSSR count). The Bertz CT molecular complexity index is 948. The minimum Gasteiger partial charge on any atom is -0.349 e. The molecular weight excluding hydrogens is 364 g/mol. The van der Waals surface area contributed by atoms with E-state index in [1.807, 2.05) is 6.92 Å². The zero-order valence-corrected chi connectivity index (χ0v) is 15.9. The second kappa shape index (κ2) is 7.92. The molecule has 1 saturated carbocycles. The summed E-state index contributed by atoms with van der Waals surface area (Å²) in [6.45, 7) is 1.88. The van der Waals surface area contributed by atoms with E-state index in [2.05, 4.69) is 10.6 Å². The maximum atomic E-state index is 12.3. The standard InChI is InChI=1S/C20H22N2O4S/c1-14-5-9-18(10-6-14)27(25,26)12-11-19(23)21-17-4-2-3-15(13-17)20(24)22-16-7-8-16/h2-6,9-10,13,16H,7-8,11-12H2,1H3,(H,21,23)(H,22,24). The third-order valence-corrected chi connectivity index (χ3v) is 6.03. The number of carbonyl (C=O) groups is 2. The summed E-state index contributed by atoms with van der Waals surface area (Å²) in [6, 6.07) is 13.4. The van der Waals surface area contributed by atoms with Gasteiger partial charge in [-0.25, -0.2) is 8.42 Å². The van der Waals surface area contributed by atoms with Gasteiger partial charge in [-0.05, 0) is 50.1 Å². The van der Waals surface area contributed by atoms with E-state index in [0.29, 0.717) is 11.3 Å². The Kier molecular flexibility index (Phi) is 5.60. The van der Waals surface area contributed by atoms with Crippen LogP contribution >= 0.6 is 0 Å². The van der Waals surface area contributed by atoms with Gasteiger partial charge in [-0.1, -0.05) is 23.8 Å². The summed E-state index contributed by atoms with van der Waals surface area (Å²) in [5.41, 5.74) is 1.90. The zero-order chi connectivity index (χ0) is 19.4. The molecule has 0 atom stereocenters. The fourth-order valence-corrected chi connectivity index (χ4v) is 3.79. The number of benzene rings is 2. The molecule has 0 aliphatic heterocycles. The minimum atomic E-state index is -3.52. The molecule has 2 amide bonds. The van der Waals surface area contributed by atoms with Crippen molar-refractivity contribution in [1.29, 1.82) is 0 Å². The Hall–Kier alpha value is -2.67. The molecule has 6 nitrogen and oxygen atoms in total. The monoisotopic (exact) mass is 386 g/mol. The van der Waals surface area contributed by atoms with E-state index < -0.39 is 15.7 Å². The van der Waals surface area contributed by atoms with Crippen LogP contribution in [0.4, 0.5) is 5.69 Å². The van der Waals surface area contributed by atoms with Gasteiger partial charge < -0.3 is 10.6 Å². The van der Waals surface area contributed by atoms with Crippen LogP contribution in [0.25, 0.3) is 0 Å². The van der Waals surface area contributed by atoms with Crippen molar-refractivity contribution in [1.82, 2.24) is 5.32 Å². The average Bonchev–Trinajstić information content (AvgIpc) is 3.45. The first-order valence-corrected chi connectivity index (χ1v) is 10.5. The largest absolute Gasteiger partial charge is 0.349 e. The fraction of sp³-hybridized carbons (Fsp3) is 0.300. The third-order valence-electron chi connectivity index (χ3n) is 4.30. The van der Waals surface area contributed by atoms with Gasteiger partial charge in [0.25, 0.3) is 5.91 Å². The summed E-state index contributed by atoms with van der Waals surface area (Å²) in [6.07, 6.45) is 1.84. The molecule has 0 heterocycles. The van der Waals surface area contributed by atoms with Crippen LogP contribution in [0.3, 0.4) is 0 Å². The molecule has 142 valence electrons. The lowest BCUT2D eigenvalue weighted by molar-refractivity contribution is -0.115. The molecule has 0 saturated heterocycles. The first-order valence-electron chi connectivity index (χ1n) is 8.84. The van der Waals surface area contributed by atoms with Gasteiger partial charge in [-0.2, -0.15) is 0 Å². The number of sulfone groups is 1. The maximum Gasteiger partial charge on any atom is 0.251 e. The second-order valence-corrected chi connectivity index (χ2v) is 8.87. The third kappa shape index (κ3) is 5.40. The SMILES string of the molecule is Cc1ccc(S(=O)(=O)CCC(=O)Nc2cccc(C(=O)NC3CC3)c2)cc1. The van der Waals surface area contributed by atoms with Crippen LogP contribution in [0, 0.1) is 6.92 Å². The zero-order valence-electron chi connectivity index (χ0n) is 15.1. The van der Waals surface area contributed by atoms with Gasteiger partial charge in [0.05, 0.1) is 10.6 Å². The maximum absolute atomic E-state index is 12.3. The van der Waals surface area contributed by atoms with Crippen LogP contribution in [-0.4, -0.2) is 32.0 Å². The summed E-state index contributed by atoms with van der Waals surface area (Å²) >= 11 is 0. The van der Waals surface area contributed by atoms with E-state index in [9.17, 15) is 18.0 Å². The number of amides is 2. The number of hydrogen-bond acceptors (Lipinski definition) is 4. The smallest absolute Gasteiger partial charge is 0.251 e. The average molecular weight is 386 g/mol. The van der Waals surface area contributed by atoms with Crippen molar-refractivity contribution in [2.24, 2.45) is 0 Å². The van der Waals surface area contributed by atoms with Crippen LogP contribution in [0.15, 0.2) is 53.4 Å². The van der Waals surface area contributed by atoms with Crippen molar-refractivity contribution in [2.45, 2.75) is 37.1 Å². The highest BCUT2D eigenvalue weighted by Gasteiger charge is 2.24. The minimum absolute atomic E-state index is 0.158. The molecule has 0 aromatic heterocycles. The van der Waals surface area contributed by atoms with Gasteiger partial charge in [0.2, 0.25) is 5.91 Å². The fourth-order valence-electron chi connectivity index (χ4n) is 2.55. The highest BCUT2D eigenvalue weighted by atomic mass is 32.2. The van der Waals surface area contributed by atoms with E-state index in [1.54, 1.807) is 48.5 Å². The molecule has 0 bridgehead atoms. The van der Waals surface area contributed by atoms with Crippen molar-refractivity contribution >= 4 is 27.3 Å². The Morgan fingerprint density at radius 3 is 2.44 bits per heavy atom. The summed E-state index contributed by atoms with van der Waals surface area (Å²) in [7, 11) is -3.52. The molecule has 1 fully saturated rings. The van der Waals surface area contributed by atoms with Crippen LogP contribution < -0.4 is 10.6 Å². The van der Waals surface area contributed by atoms with Gasteiger partial charge in [0.1, 0.15) is 0 Å². The van der Waals surface area contributed by atoms with E-state index in [0.717, 1.165) is 18.4 Å². The first-order chi connectivity index (χ1) is 12.8. The Morgan fingerprint density at radius 1 is 1.07 bits per heavy atom. The van der Waals surface area contributed by atoms with Crippen LogP contribution in [0.2, 0.25) is 0 Å². The first kappa shape index (κ1) is 19.1. The van der Waals surface area contributed by atoms with Gasteiger partial charge in [0.15, 0.2) is 9.84 Å². The van der Waals surface area contributed by atoms with Crippen molar-refractivity contribution in [3.05, 3.63) is 59.7 Å². The van der Waals surface area contributed by atoms with Crippen molar-refractivity contribution in [3.8, 4) is 0 Å². The van der Waals surface area contributed by atoms with Crippen LogP contribution in [-0.2, 0) is 14.6 Å². The summed E-state index contributed by atoms with van der Waals surface area (Å²) in [5, 5.41) is 5.54. The molecule has 27 heavy (non-hydrogen) atoms. The Balaban J connectivity index is 1.57. The highest BCUT2D eigenvalue weighted by molar-refractivity contribution is 7.91. The van der Waals surface area contributed by atoms with E-state index >= 15 is 0 Å². The van der Waals surface area contributed by atoms with E-state index in [1.165, 1.54) is 0 Å². The number of nitrogens with one attached hydrogen (secondary N) is 2. The van der Waals surface area contributed by atoms with Gasteiger partial charge >= 0.3 is 0 Å². The molecule has 1 aliphatic rings. The molecular formula is C20H22N2O4S. The second-order valence-electron chi connectivity index (χ2n) is 6.76. The number of hydrogen-bond donors (Lipinski definition) is 2. The number of aryl methyl sites for hydroxylation is 1. The highest BCUT2D eigenvalue weighted by Crippen LogP contribution is 2.20. The molecule has 2 aromatic carbocycles. The molecule has 0 spiro atoms. The lowest BCUT2D eigenvalue weighted by Crippen LogP contribution is -2.25. The normalized spacial score (nSPS) is 13.8. The Labute approximate surface area is 158 Å². The summed E-state index contributed by atoms with van der Waals surface area (Å²) in [4.78, 5) is 24.4. The summed E-state index contributed by atoms with van der Waals surface area (Å²) in [5.74, 6) is -0.856. The lowest BCUT2D eigenvalue weighted by Gasteiger charge is -2.09. The molecule has 2 N–H and O–H groups in total. The number of carbonyl (C=O) groups excluding carboxylic acids is 2. The van der Waals surface area contributed by atoms with E-state index in [-0.39, 0.29) is 29.0 Å². The topological polar surface area (TPSA) is 92.3 Å².